The van der Waals surface area contributed by atoms with Crippen LogP contribution in [0, 0.1) is 3.57 Å². The fourth-order valence-electron chi connectivity index (χ4n) is 3.55. The third-order valence-corrected chi connectivity index (χ3v) is 5.63. The number of carbonyl (C=O) groups excluding carboxylic acids is 2. The summed E-state index contributed by atoms with van der Waals surface area (Å²) in [5.74, 6) is -0.547. The van der Waals surface area contributed by atoms with Gasteiger partial charge in [-0.2, -0.15) is 0 Å². The van der Waals surface area contributed by atoms with Crippen LogP contribution in [-0.2, 0) is 14.3 Å². The fourth-order valence-corrected chi connectivity index (χ4v) is 4.25. The summed E-state index contributed by atoms with van der Waals surface area (Å²) in [4.78, 5) is 25.5. The van der Waals surface area contributed by atoms with Gasteiger partial charge in [0.2, 0.25) is 0 Å². The van der Waals surface area contributed by atoms with E-state index in [1.165, 1.54) is 0 Å². The van der Waals surface area contributed by atoms with Gasteiger partial charge in [0.1, 0.15) is 0 Å². The van der Waals surface area contributed by atoms with Crippen LogP contribution in [0.3, 0.4) is 0 Å². The first-order valence-corrected chi connectivity index (χ1v) is 9.78. The molecule has 1 aliphatic heterocycles. The molecule has 132 valence electrons. The van der Waals surface area contributed by atoms with E-state index in [1.807, 2.05) is 38.1 Å². The Labute approximate surface area is 161 Å². The smallest absolute Gasteiger partial charge is 0.336 e. The van der Waals surface area contributed by atoms with E-state index < -0.39 is 0 Å². The van der Waals surface area contributed by atoms with Crippen molar-refractivity contribution in [2.24, 2.45) is 0 Å². The van der Waals surface area contributed by atoms with Crippen molar-refractivity contribution < 1.29 is 14.3 Å². The summed E-state index contributed by atoms with van der Waals surface area (Å²) in [5, 5.41) is 3.31. The molecule has 0 fully saturated rings. The molecule has 0 unspecified atom stereocenters. The lowest BCUT2D eigenvalue weighted by molar-refractivity contribution is -0.139. The zero-order valence-electron chi connectivity index (χ0n) is 14.5. The molecule has 0 saturated carbocycles. The molecule has 1 atom stereocenters. The Morgan fingerprint density at radius 2 is 2.08 bits per heavy atom. The molecule has 0 radical (unpaired) electrons. The monoisotopic (exact) mass is 451 g/mol. The van der Waals surface area contributed by atoms with Gasteiger partial charge >= 0.3 is 5.97 Å². The molecule has 1 heterocycles. The molecule has 2 aliphatic rings. The number of Topliss-reactive ketones (excluding diaryl/α,β-unsaturated/α-hetero) is 1. The second-order valence-electron chi connectivity index (χ2n) is 6.42. The number of nitrogens with one attached hydrogen (secondary N) is 1. The molecule has 3 rings (SSSR count). The SMILES string of the molecule is CCCOC(=O)C1=C(C)NC2=C(C(=O)CCC2)[C@H]1c1ccccc1I. The summed E-state index contributed by atoms with van der Waals surface area (Å²) < 4.78 is 6.48. The highest BCUT2D eigenvalue weighted by atomic mass is 127. The molecule has 1 N–H and O–H groups in total. The standard InChI is InChI=1S/C20H22INO3/c1-3-11-25-20(24)17-12(2)22-15-9-6-10-16(23)19(15)18(17)13-7-4-5-8-14(13)21/h4-5,7-8,18,22H,3,6,9-11H2,1-2H3/t18-/m0/s1. The van der Waals surface area contributed by atoms with Crippen LogP contribution in [0.1, 0.15) is 51.0 Å². The van der Waals surface area contributed by atoms with Gasteiger partial charge in [-0.1, -0.05) is 25.1 Å². The Balaban J connectivity index is 2.14. The van der Waals surface area contributed by atoms with E-state index in [0.717, 1.165) is 45.4 Å². The van der Waals surface area contributed by atoms with E-state index in [-0.39, 0.29) is 17.7 Å². The second kappa shape index (κ2) is 7.72. The maximum atomic E-state index is 12.8. The number of allylic oxidation sites excluding steroid dienone is 3. The molecular weight excluding hydrogens is 429 g/mol. The number of carbonyl (C=O) groups is 2. The number of rotatable bonds is 4. The Morgan fingerprint density at radius 1 is 1.32 bits per heavy atom. The van der Waals surface area contributed by atoms with Crippen LogP contribution in [0.15, 0.2) is 46.8 Å². The van der Waals surface area contributed by atoms with Crippen LogP contribution in [0.2, 0.25) is 0 Å². The summed E-state index contributed by atoms with van der Waals surface area (Å²) >= 11 is 2.27. The average Bonchev–Trinajstić information content (AvgIpc) is 2.59. The lowest BCUT2D eigenvalue weighted by Gasteiger charge is -2.34. The average molecular weight is 451 g/mol. The topological polar surface area (TPSA) is 55.4 Å². The third kappa shape index (κ3) is 3.52. The largest absolute Gasteiger partial charge is 0.462 e. The van der Waals surface area contributed by atoms with Gasteiger partial charge in [0, 0.05) is 32.9 Å². The lowest BCUT2D eigenvalue weighted by Crippen LogP contribution is -2.34. The number of esters is 1. The van der Waals surface area contributed by atoms with Crippen LogP contribution >= 0.6 is 22.6 Å². The van der Waals surface area contributed by atoms with Crippen LogP contribution in [0.5, 0.6) is 0 Å². The highest BCUT2D eigenvalue weighted by molar-refractivity contribution is 14.1. The summed E-state index contributed by atoms with van der Waals surface area (Å²) in [6.07, 6.45) is 3.00. The number of ether oxygens (including phenoxy) is 1. The normalized spacial score (nSPS) is 20.3. The molecule has 4 nitrogen and oxygen atoms in total. The molecule has 0 bridgehead atoms. The second-order valence-corrected chi connectivity index (χ2v) is 7.59. The van der Waals surface area contributed by atoms with Gasteiger partial charge in [0.05, 0.1) is 12.2 Å². The number of dihydropyridines is 1. The number of halogens is 1. The zero-order chi connectivity index (χ0) is 18.0. The van der Waals surface area contributed by atoms with E-state index in [0.29, 0.717) is 18.6 Å². The molecule has 0 saturated heterocycles. The van der Waals surface area contributed by atoms with E-state index in [2.05, 4.69) is 27.9 Å². The zero-order valence-corrected chi connectivity index (χ0v) is 16.7. The van der Waals surface area contributed by atoms with Crippen molar-refractivity contribution in [1.82, 2.24) is 5.32 Å². The van der Waals surface area contributed by atoms with Gasteiger partial charge in [-0.25, -0.2) is 4.79 Å². The molecule has 5 heteroatoms. The predicted octanol–water partition coefficient (Wildman–Crippen LogP) is 4.21. The van der Waals surface area contributed by atoms with Crippen molar-refractivity contribution in [3.63, 3.8) is 0 Å². The molecular formula is C20H22INO3. The van der Waals surface area contributed by atoms with Crippen LogP contribution < -0.4 is 5.32 Å². The van der Waals surface area contributed by atoms with E-state index >= 15 is 0 Å². The first-order chi connectivity index (χ1) is 12.0. The highest BCUT2D eigenvalue weighted by Gasteiger charge is 2.39. The highest BCUT2D eigenvalue weighted by Crippen LogP contribution is 2.43. The minimum atomic E-state index is -0.346. The Morgan fingerprint density at radius 3 is 2.80 bits per heavy atom. The van der Waals surface area contributed by atoms with Crippen molar-refractivity contribution in [2.45, 2.75) is 45.4 Å². The summed E-state index contributed by atoms with van der Waals surface area (Å²) in [5.41, 5.74) is 4.05. The predicted molar refractivity (Wildman–Crippen MR) is 105 cm³/mol. The van der Waals surface area contributed by atoms with Gasteiger partial charge < -0.3 is 10.1 Å². The summed E-state index contributed by atoms with van der Waals surface area (Å²) in [6, 6.07) is 7.94. The van der Waals surface area contributed by atoms with Crippen molar-refractivity contribution >= 4 is 34.3 Å². The molecule has 1 aromatic rings. The van der Waals surface area contributed by atoms with E-state index in [4.69, 9.17) is 4.74 Å². The van der Waals surface area contributed by atoms with Gasteiger partial charge in [-0.15, -0.1) is 0 Å². The van der Waals surface area contributed by atoms with Crippen LogP contribution in [-0.4, -0.2) is 18.4 Å². The van der Waals surface area contributed by atoms with Gasteiger partial charge in [-0.3, -0.25) is 4.79 Å². The van der Waals surface area contributed by atoms with E-state index in [1.54, 1.807) is 0 Å². The van der Waals surface area contributed by atoms with Crippen molar-refractivity contribution in [1.29, 1.82) is 0 Å². The van der Waals surface area contributed by atoms with E-state index in [9.17, 15) is 9.59 Å². The lowest BCUT2D eigenvalue weighted by atomic mass is 9.75. The van der Waals surface area contributed by atoms with Gasteiger partial charge in [-0.05, 0) is 60.4 Å². The van der Waals surface area contributed by atoms with Crippen LogP contribution in [0.4, 0.5) is 0 Å². The molecule has 25 heavy (non-hydrogen) atoms. The first-order valence-electron chi connectivity index (χ1n) is 8.70. The number of hydrogen-bond donors (Lipinski definition) is 1. The number of hydrogen-bond acceptors (Lipinski definition) is 4. The van der Waals surface area contributed by atoms with Crippen molar-refractivity contribution in [3.8, 4) is 0 Å². The third-order valence-electron chi connectivity index (χ3n) is 4.65. The maximum absolute atomic E-state index is 12.8. The number of benzene rings is 1. The molecule has 0 amide bonds. The molecule has 1 aliphatic carbocycles. The quantitative estimate of drug-likeness (QED) is 0.551. The number of ketones is 1. The van der Waals surface area contributed by atoms with Crippen LogP contribution in [0.25, 0.3) is 0 Å². The Hall–Kier alpha value is -1.63. The van der Waals surface area contributed by atoms with Gasteiger partial charge in [0.25, 0.3) is 0 Å². The fraction of sp³-hybridized carbons (Fsp3) is 0.400. The molecule has 0 spiro atoms. The minimum absolute atomic E-state index is 0.131. The Kier molecular flexibility index (Phi) is 5.61. The summed E-state index contributed by atoms with van der Waals surface area (Å²) in [7, 11) is 0. The Bertz CT molecular complexity index is 779. The summed E-state index contributed by atoms with van der Waals surface area (Å²) in [6.45, 7) is 4.25. The van der Waals surface area contributed by atoms with Crippen molar-refractivity contribution in [2.75, 3.05) is 6.61 Å². The van der Waals surface area contributed by atoms with Crippen molar-refractivity contribution in [3.05, 3.63) is 55.9 Å². The first kappa shape index (κ1) is 18.2. The minimum Gasteiger partial charge on any atom is -0.462 e. The van der Waals surface area contributed by atoms with Gasteiger partial charge in [0.15, 0.2) is 5.78 Å². The molecule has 0 aromatic heterocycles. The maximum Gasteiger partial charge on any atom is 0.336 e. The molecule has 1 aromatic carbocycles.